The number of carbonyl (C=O) groups excluding carboxylic acids is 1. The van der Waals surface area contributed by atoms with Gasteiger partial charge in [-0.1, -0.05) is 0 Å². The number of amides is 1. The lowest BCUT2D eigenvalue weighted by atomic mass is 10.0. The van der Waals surface area contributed by atoms with Crippen LogP contribution in [0, 0.1) is 6.92 Å². The van der Waals surface area contributed by atoms with E-state index in [0.29, 0.717) is 32.9 Å². The molecule has 4 rings (SSSR count). The van der Waals surface area contributed by atoms with Crippen molar-refractivity contribution >= 4 is 17.9 Å². The van der Waals surface area contributed by atoms with Crippen LogP contribution in [0.15, 0.2) is 6.07 Å². The van der Waals surface area contributed by atoms with Gasteiger partial charge in [0.25, 0.3) is 0 Å². The molecule has 0 saturated carbocycles. The van der Waals surface area contributed by atoms with Crippen molar-refractivity contribution in [1.29, 1.82) is 0 Å². The molecule has 0 atom stereocenters. The summed E-state index contributed by atoms with van der Waals surface area (Å²) >= 11 is 0. The first-order valence-electron chi connectivity index (χ1n) is 10.1. The number of carbonyl (C=O) groups is 1. The van der Waals surface area contributed by atoms with E-state index >= 15 is 0 Å². The van der Waals surface area contributed by atoms with Crippen LogP contribution in [0.2, 0.25) is 0 Å². The number of anilines is 2. The standard InChI is InChI=1S/C19H29N5O4/c1-3-26-18(25)24-10-8-22(9-11-24)16-14-15(2)20-17(21-16)23-6-4-19(5-7-23)27-12-13-28-19/h14H,3-13H2,1-2H3. The summed E-state index contributed by atoms with van der Waals surface area (Å²) in [5.74, 6) is 1.28. The zero-order valence-corrected chi connectivity index (χ0v) is 16.7. The van der Waals surface area contributed by atoms with Gasteiger partial charge in [-0.25, -0.2) is 9.78 Å². The fourth-order valence-corrected chi connectivity index (χ4v) is 4.01. The van der Waals surface area contributed by atoms with E-state index in [1.807, 2.05) is 19.9 Å². The predicted molar refractivity (Wildman–Crippen MR) is 104 cm³/mol. The van der Waals surface area contributed by atoms with Crippen LogP contribution >= 0.6 is 0 Å². The maximum Gasteiger partial charge on any atom is 0.409 e. The number of piperazine rings is 1. The summed E-state index contributed by atoms with van der Waals surface area (Å²) < 4.78 is 16.7. The molecule has 0 bridgehead atoms. The van der Waals surface area contributed by atoms with Gasteiger partial charge in [0.05, 0.1) is 19.8 Å². The van der Waals surface area contributed by atoms with Gasteiger partial charge in [0.2, 0.25) is 5.95 Å². The van der Waals surface area contributed by atoms with Crippen LogP contribution in [-0.4, -0.2) is 85.8 Å². The van der Waals surface area contributed by atoms with Crippen molar-refractivity contribution in [3.63, 3.8) is 0 Å². The Morgan fingerprint density at radius 3 is 2.39 bits per heavy atom. The van der Waals surface area contributed by atoms with E-state index in [1.165, 1.54) is 0 Å². The predicted octanol–water partition coefficient (Wildman–Crippen LogP) is 1.41. The summed E-state index contributed by atoms with van der Waals surface area (Å²) in [6, 6.07) is 2.01. The molecule has 3 fully saturated rings. The fraction of sp³-hybridized carbons (Fsp3) is 0.737. The zero-order chi connectivity index (χ0) is 19.6. The summed E-state index contributed by atoms with van der Waals surface area (Å²) in [7, 11) is 0. The van der Waals surface area contributed by atoms with Crippen molar-refractivity contribution in [2.45, 2.75) is 32.5 Å². The minimum Gasteiger partial charge on any atom is -0.450 e. The summed E-state index contributed by atoms with van der Waals surface area (Å²) in [6.45, 7) is 9.98. The Balaban J connectivity index is 1.40. The Morgan fingerprint density at radius 2 is 1.75 bits per heavy atom. The van der Waals surface area contributed by atoms with Crippen molar-refractivity contribution in [2.75, 3.05) is 68.9 Å². The highest BCUT2D eigenvalue weighted by Crippen LogP contribution is 2.32. The third kappa shape index (κ3) is 4.00. The monoisotopic (exact) mass is 391 g/mol. The van der Waals surface area contributed by atoms with Gasteiger partial charge in [-0.3, -0.25) is 0 Å². The van der Waals surface area contributed by atoms with E-state index in [1.54, 1.807) is 4.90 Å². The first kappa shape index (κ1) is 19.2. The van der Waals surface area contributed by atoms with Gasteiger partial charge >= 0.3 is 6.09 Å². The molecule has 9 heteroatoms. The zero-order valence-electron chi connectivity index (χ0n) is 16.7. The molecule has 154 valence electrons. The molecule has 0 radical (unpaired) electrons. The minimum atomic E-state index is -0.396. The SMILES string of the molecule is CCOC(=O)N1CCN(c2cc(C)nc(N3CCC4(CC3)OCCO4)n2)CC1. The number of aromatic nitrogens is 2. The van der Waals surface area contributed by atoms with Gasteiger partial charge in [-0.2, -0.15) is 4.98 Å². The van der Waals surface area contributed by atoms with E-state index < -0.39 is 5.79 Å². The molecule has 0 aliphatic carbocycles. The van der Waals surface area contributed by atoms with Gasteiger partial charge < -0.3 is 28.9 Å². The second kappa shape index (κ2) is 8.08. The lowest BCUT2D eigenvalue weighted by molar-refractivity contribution is -0.169. The summed E-state index contributed by atoms with van der Waals surface area (Å²) in [4.78, 5) is 27.5. The molecule has 1 aromatic rings. The highest BCUT2D eigenvalue weighted by atomic mass is 16.7. The van der Waals surface area contributed by atoms with Crippen LogP contribution in [0.1, 0.15) is 25.5 Å². The molecule has 4 heterocycles. The summed E-state index contributed by atoms with van der Waals surface area (Å²) in [6.07, 6.45) is 1.43. The molecule has 0 aromatic carbocycles. The number of hydrogen-bond acceptors (Lipinski definition) is 8. The molecular weight excluding hydrogens is 362 g/mol. The fourth-order valence-electron chi connectivity index (χ4n) is 4.01. The Morgan fingerprint density at radius 1 is 1.07 bits per heavy atom. The first-order valence-corrected chi connectivity index (χ1v) is 10.1. The van der Waals surface area contributed by atoms with Gasteiger partial charge in [0.15, 0.2) is 5.79 Å². The third-order valence-corrected chi connectivity index (χ3v) is 5.58. The van der Waals surface area contributed by atoms with Crippen LogP contribution in [0.3, 0.4) is 0 Å². The third-order valence-electron chi connectivity index (χ3n) is 5.58. The van der Waals surface area contributed by atoms with Crippen LogP contribution in [0.4, 0.5) is 16.6 Å². The average Bonchev–Trinajstić information content (AvgIpc) is 3.16. The molecule has 0 N–H and O–H groups in total. The molecule has 1 aromatic heterocycles. The molecule has 28 heavy (non-hydrogen) atoms. The lowest BCUT2D eigenvalue weighted by Gasteiger charge is -2.38. The van der Waals surface area contributed by atoms with Crippen LogP contribution < -0.4 is 9.80 Å². The Bertz CT molecular complexity index is 692. The molecular formula is C19H29N5O4. The van der Waals surface area contributed by atoms with Crippen LogP contribution in [-0.2, 0) is 14.2 Å². The largest absolute Gasteiger partial charge is 0.450 e. The smallest absolute Gasteiger partial charge is 0.409 e. The molecule has 3 aliphatic heterocycles. The van der Waals surface area contributed by atoms with Gasteiger partial charge in [0, 0.05) is 63.9 Å². The second-order valence-electron chi connectivity index (χ2n) is 7.44. The van der Waals surface area contributed by atoms with Crippen molar-refractivity contribution in [1.82, 2.24) is 14.9 Å². The Kier molecular flexibility index (Phi) is 5.54. The number of aryl methyl sites for hydroxylation is 1. The topological polar surface area (TPSA) is 80.3 Å². The maximum absolute atomic E-state index is 11.9. The second-order valence-corrected chi connectivity index (χ2v) is 7.44. The first-order chi connectivity index (χ1) is 13.6. The summed E-state index contributed by atoms with van der Waals surface area (Å²) in [5, 5.41) is 0. The number of piperidine rings is 1. The average molecular weight is 391 g/mol. The normalized spacial score (nSPS) is 22.0. The molecule has 3 aliphatic rings. The molecule has 1 amide bonds. The van der Waals surface area contributed by atoms with Crippen molar-refractivity contribution in [3.05, 3.63) is 11.8 Å². The van der Waals surface area contributed by atoms with E-state index in [0.717, 1.165) is 56.5 Å². The summed E-state index contributed by atoms with van der Waals surface area (Å²) in [5.41, 5.74) is 0.946. The lowest BCUT2D eigenvalue weighted by Crippen LogP contribution is -2.49. The maximum atomic E-state index is 11.9. The molecule has 3 saturated heterocycles. The molecule has 0 unspecified atom stereocenters. The van der Waals surface area contributed by atoms with Crippen molar-refractivity contribution in [2.24, 2.45) is 0 Å². The highest BCUT2D eigenvalue weighted by Gasteiger charge is 2.40. The molecule has 1 spiro atoms. The number of ether oxygens (including phenoxy) is 3. The van der Waals surface area contributed by atoms with E-state index in [-0.39, 0.29) is 6.09 Å². The number of nitrogens with zero attached hydrogens (tertiary/aromatic N) is 5. The van der Waals surface area contributed by atoms with Gasteiger partial charge in [-0.05, 0) is 13.8 Å². The number of hydrogen-bond donors (Lipinski definition) is 0. The van der Waals surface area contributed by atoms with E-state index in [9.17, 15) is 4.79 Å². The van der Waals surface area contributed by atoms with Crippen LogP contribution in [0.5, 0.6) is 0 Å². The van der Waals surface area contributed by atoms with Gasteiger partial charge in [0.1, 0.15) is 5.82 Å². The Hall–Kier alpha value is -2.13. The van der Waals surface area contributed by atoms with Gasteiger partial charge in [-0.15, -0.1) is 0 Å². The van der Waals surface area contributed by atoms with Crippen LogP contribution in [0.25, 0.3) is 0 Å². The van der Waals surface area contributed by atoms with Crippen molar-refractivity contribution in [3.8, 4) is 0 Å². The quantitative estimate of drug-likeness (QED) is 0.765. The highest BCUT2D eigenvalue weighted by molar-refractivity contribution is 5.68. The van der Waals surface area contributed by atoms with Crippen molar-refractivity contribution < 1.29 is 19.0 Å². The molecule has 9 nitrogen and oxygen atoms in total. The Labute approximate surface area is 165 Å². The van der Waals surface area contributed by atoms with E-state index in [4.69, 9.17) is 19.2 Å². The minimum absolute atomic E-state index is 0.236. The number of rotatable bonds is 3. The van der Waals surface area contributed by atoms with E-state index in [2.05, 4.69) is 14.8 Å².